The van der Waals surface area contributed by atoms with Crippen LogP contribution in [-0.4, -0.2) is 21.0 Å². The zero-order chi connectivity index (χ0) is 12.2. The average molecular weight is 299 g/mol. The van der Waals surface area contributed by atoms with Gasteiger partial charge >= 0.3 is 0 Å². The molecule has 17 heavy (non-hydrogen) atoms. The fourth-order valence-electron chi connectivity index (χ4n) is 1.12. The Morgan fingerprint density at radius 2 is 1.88 bits per heavy atom. The molecule has 0 aliphatic heterocycles. The van der Waals surface area contributed by atoms with Crippen LogP contribution in [0.5, 0.6) is 0 Å². The molecule has 1 aromatic carbocycles. The highest BCUT2D eigenvalue weighted by Gasteiger charge is 2.12. The first-order valence-electron chi connectivity index (χ1n) is 4.92. The lowest BCUT2D eigenvalue weighted by Crippen LogP contribution is -2.29. The van der Waals surface area contributed by atoms with Crippen LogP contribution in [0.4, 0.5) is 0 Å². The summed E-state index contributed by atoms with van der Waals surface area (Å²) in [6, 6.07) is 6.00. The quantitative estimate of drug-likeness (QED) is 0.870. The van der Waals surface area contributed by atoms with Crippen molar-refractivity contribution in [3.05, 3.63) is 29.3 Å². The maximum atomic E-state index is 11.7. The van der Waals surface area contributed by atoms with E-state index in [1.54, 1.807) is 12.1 Å². The van der Waals surface area contributed by atoms with Crippen LogP contribution in [0.2, 0.25) is 5.02 Å². The molecule has 1 rings (SSSR count). The van der Waals surface area contributed by atoms with Gasteiger partial charge in [-0.05, 0) is 37.6 Å². The van der Waals surface area contributed by atoms with Gasteiger partial charge in [0, 0.05) is 17.6 Å². The first-order valence-corrected chi connectivity index (χ1v) is 6.79. The summed E-state index contributed by atoms with van der Waals surface area (Å²) in [5, 5.41) is 0.509. The zero-order valence-electron chi connectivity index (χ0n) is 9.39. The molecule has 1 atom stereocenters. The SMILES string of the molecule is CC(N)CCNS(=O)(=O)c1ccc(Cl)cc1.Cl. The lowest BCUT2D eigenvalue weighted by molar-refractivity contribution is 0.572. The average Bonchev–Trinajstić information content (AvgIpc) is 2.17. The molecule has 0 spiro atoms. The van der Waals surface area contributed by atoms with Crippen LogP contribution < -0.4 is 10.5 Å². The van der Waals surface area contributed by atoms with Gasteiger partial charge in [0.25, 0.3) is 0 Å². The van der Waals surface area contributed by atoms with Crippen LogP contribution in [0.15, 0.2) is 29.2 Å². The Balaban J connectivity index is 0.00000256. The van der Waals surface area contributed by atoms with Gasteiger partial charge in [0.15, 0.2) is 0 Å². The summed E-state index contributed by atoms with van der Waals surface area (Å²) in [5.74, 6) is 0. The first-order chi connectivity index (χ1) is 7.42. The van der Waals surface area contributed by atoms with Crippen molar-refractivity contribution >= 4 is 34.0 Å². The number of nitrogens with two attached hydrogens (primary N) is 1. The first kappa shape index (κ1) is 16.7. The van der Waals surface area contributed by atoms with E-state index < -0.39 is 10.0 Å². The van der Waals surface area contributed by atoms with Crippen molar-refractivity contribution < 1.29 is 8.42 Å². The van der Waals surface area contributed by atoms with Crippen molar-refractivity contribution in [3.8, 4) is 0 Å². The van der Waals surface area contributed by atoms with Gasteiger partial charge in [0.2, 0.25) is 10.0 Å². The molecule has 0 saturated heterocycles. The summed E-state index contributed by atoms with van der Waals surface area (Å²) in [7, 11) is -3.44. The van der Waals surface area contributed by atoms with Gasteiger partial charge in [-0.15, -0.1) is 12.4 Å². The molecular formula is C10H16Cl2N2O2S. The van der Waals surface area contributed by atoms with Gasteiger partial charge in [-0.1, -0.05) is 11.6 Å². The summed E-state index contributed by atoms with van der Waals surface area (Å²) >= 11 is 5.68. The summed E-state index contributed by atoms with van der Waals surface area (Å²) < 4.78 is 25.9. The van der Waals surface area contributed by atoms with E-state index in [2.05, 4.69) is 4.72 Å². The van der Waals surface area contributed by atoms with Crippen LogP contribution in [0.1, 0.15) is 13.3 Å². The standard InChI is InChI=1S/C10H15ClN2O2S.ClH/c1-8(12)6-7-13-16(14,15)10-4-2-9(11)3-5-10;/h2-5,8,13H,6-7,12H2,1H3;1H. The molecule has 1 unspecified atom stereocenters. The highest BCUT2D eigenvalue weighted by atomic mass is 35.5. The van der Waals surface area contributed by atoms with E-state index in [9.17, 15) is 8.42 Å². The highest BCUT2D eigenvalue weighted by molar-refractivity contribution is 7.89. The molecule has 0 aliphatic rings. The van der Waals surface area contributed by atoms with Crippen molar-refractivity contribution in [1.29, 1.82) is 0 Å². The molecule has 0 aromatic heterocycles. The van der Waals surface area contributed by atoms with E-state index in [0.29, 0.717) is 18.0 Å². The van der Waals surface area contributed by atoms with Gasteiger partial charge in [0.05, 0.1) is 4.90 Å². The Bertz CT molecular complexity index is 432. The molecule has 7 heteroatoms. The molecule has 3 N–H and O–H groups in total. The van der Waals surface area contributed by atoms with E-state index in [0.717, 1.165) is 0 Å². The van der Waals surface area contributed by atoms with Crippen molar-refractivity contribution in [2.75, 3.05) is 6.54 Å². The predicted octanol–water partition coefficient (Wildman–Crippen LogP) is 1.78. The van der Waals surface area contributed by atoms with Crippen molar-refractivity contribution in [1.82, 2.24) is 4.72 Å². The van der Waals surface area contributed by atoms with E-state index >= 15 is 0 Å². The monoisotopic (exact) mass is 298 g/mol. The Labute approximate surface area is 113 Å². The fourth-order valence-corrected chi connectivity index (χ4v) is 2.29. The lowest BCUT2D eigenvalue weighted by Gasteiger charge is -2.08. The summed E-state index contributed by atoms with van der Waals surface area (Å²) in [5.41, 5.74) is 5.53. The minimum absolute atomic E-state index is 0. The number of hydrogen-bond donors (Lipinski definition) is 2. The van der Waals surface area contributed by atoms with E-state index in [-0.39, 0.29) is 23.3 Å². The molecule has 0 radical (unpaired) electrons. The molecule has 0 saturated carbocycles. The minimum atomic E-state index is -3.44. The Kier molecular flexibility index (Phi) is 7.04. The van der Waals surface area contributed by atoms with E-state index in [1.165, 1.54) is 12.1 Å². The number of sulfonamides is 1. The fraction of sp³-hybridized carbons (Fsp3) is 0.400. The Hall–Kier alpha value is -0.330. The molecule has 0 aliphatic carbocycles. The number of benzene rings is 1. The predicted molar refractivity (Wildman–Crippen MR) is 72.2 cm³/mol. The Morgan fingerprint density at radius 1 is 1.35 bits per heavy atom. The molecule has 98 valence electrons. The Morgan fingerprint density at radius 3 is 2.35 bits per heavy atom. The van der Waals surface area contributed by atoms with Crippen LogP contribution >= 0.6 is 24.0 Å². The van der Waals surface area contributed by atoms with Crippen molar-refractivity contribution in [2.45, 2.75) is 24.3 Å². The van der Waals surface area contributed by atoms with E-state index in [1.807, 2.05) is 6.92 Å². The van der Waals surface area contributed by atoms with Crippen LogP contribution in [0.3, 0.4) is 0 Å². The zero-order valence-corrected chi connectivity index (χ0v) is 11.8. The lowest BCUT2D eigenvalue weighted by atomic mass is 10.3. The number of hydrogen-bond acceptors (Lipinski definition) is 3. The van der Waals surface area contributed by atoms with Gasteiger partial charge in [-0.25, -0.2) is 13.1 Å². The third kappa shape index (κ3) is 5.70. The number of nitrogens with one attached hydrogen (secondary N) is 1. The normalized spacial score (nSPS) is 12.9. The molecule has 0 heterocycles. The molecule has 0 fully saturated rings. The van der Waals surface area contributed by atoms with Gasteiger partial charge in [-0.2, -0.15) is 0 Å². The summed E-state index contributed by atoms with van der Waals surface area (Å²) in [4.78, 5) is 0.210. The second kappa shape index (κ2) is 7.18. The molecule has 4 nitrogen and oxygen atoms in total. The summed E-state index contributed by atoms with van der Waals surface area (Å²) in [6.07, 6.45) is 0.604. The minimum Gasteiger partial charge on any atom is -0.328 e. The van der Waals surface area contributed by atoms with Crippen LogP contribution in [0, 0.1) is 0 Å². The van der Waals surface area contributed by atoms with Crippen molar-refractivity contribution in [2.24, 2.45) is 5.73 Å². The van der Waals surface area contributed by atoms with Gasteiger partial charge in [-0.3, -0.25) is 0 Å². The topological polar surface area (TPSA) is 72.2 Å². The maximum Gasteiger partial charge on any atom is 0.240 e. The van der Waals surface area contributed by atoms with E-state index in [4.69, 9.17) is 17.3 Å². The van der Waals surface area contributed by atoms with Crippen molar-refractivity contribution in [3.63, 3.8) is 0 Å². The number of halogens is 2. The second-order valence-electron chi connectivity index (χ2n) is 3.62. The van der Waals surface area contributed by atoms with Gasteiger partial charge in [0.1, 0.15) is 0 Å². The molecule has 0 bridgehead atoms. The highest BCUT2D eigenvalue weighted by Crippen LogP contribution is 2.13. The second-order valence-corrected chi connectivity index (χ2v) is 5.82. The largest absolute Gasteiger partial charge is 0.328 e. The number of rotatable bonds is 5. The third-order valence-corrected chi connectivity index (χ3v) is 3.74. The third-order valence-electron chi connectivity index (χ3n) is 2.02. The van der Waals surface area contributed by atoms with Gasteiger partial charge < -0.3 is 5.73 Å². The maximum absolute atomic E-state index is 11.7. The molecular weight excluding hydrogens is 283 g/mol. The molecule has 1 aromatic rings. The smallest absolute Gasteiger partial charge is 0.240 e. The van der Waals surface area contributed by atoms with Crippen LogP contribution in [0.25, 0.3) is 0 Å². The summed E-state index contributed by atoms with van der Waals surface area (Å²) in [6.45, 7) is 2.17. The molecule has 0 amide bonds. The van der Waals surface area contributed by atoms with Crippen LogP contribution in [-0.2, 0) is 10.0 Å².